The second-order valence-electron chi connectivity index (χ2n) is 6.55. The van der Waals surface area contributed by atoms with Gasteiger partial charge in [-0.05, 0) is 24.0 Å². The maximum absolute atomic E-state index is 12.9. The third-order valence-corrected chi connectivity index (χ3v) is 4.70. The van der Waals surface area contributed by atoms with Gasteiger partial charge >= 0.3 is 0 Å². The summed E-state index contributed by atoms with van der Waals surface area (Å²) < 4.78 is 0. The molecule has 1 aliphatic rings. The predicted octanol–water partition coefficient (Wildman–Crippen LogP) is 3.97. The van der Waals surface area contributed by atoms with Gasteiger partial charge in [0.1, 0.15) is 6.04 Å². The zero-order valence-electron chi connectivity index (χ0n) is 14.1. The van der Waals surface area contributed by atoms with Crippen molar-refractivity contribution in [2.75, 3.05) is 0 Å². The Balaban J connectivity index is 1.68. The van der Waals surface area contributed by atoms with Crippen molar-refractivity contribution in [3.8, 4) is 0 Å². The van der Waals surface area contributed by atoms with E-state index in [0.717, 1.165) is 18.4 Å². The van der Waals surface area contributed by atoms with Crippen molar-refractivity contribution in [3.63, 3.8) is 0 Å². The van der Waals surface area contributed by atoms with Crippen LogP contribution in [-0.2, 0) is 11.3 Å². The predicted molar refractivity (Wildman–Crippen MR) is 97.5 cm³/mol. The summed E-state index contributed by atoms with van der Waals surface area (Å²) in [5.41, 5.74) is 2.20. The Morgan fingerprint density at radius 1 is 0.917 bits per heavy atom. The van der Waals surface area contributed by atoms with Gasteiger partial charge in [-0.25, -0.2) is 0 Å². The van der Waals surface area contributed by atoms with Gasteiger partial charge in [-0.2, -0.15) is 0 Å². The van der Waals surface area contributed by atoms with Crippen LogP contribution in [0.5, 0.6) is 0 Å². The van der Waals surface area contributed by atoms with E-state index in [1.807, 2.05) is 48.5 Å². The molecule has 126 valence electrons. The Kier molecular flexibility index (Phi) is 6.02. The molecular weight excluding hydrogens is 296 g/mol. The van der Waals surface area contributed by atoms with Crippen molar-refractivity contribution in [1.29, 1.82) is 0 Å². The van der Waals surface area contributed by atoms with Gasteiger partial charge < -0.3 is 5.32 Å². The van der Waals surface area contributed by atoms with Gasteiger partial charge in [0.25, 0.3) is 0 Å². The van der Waals surface area contributed by atoms with E-state index < -0.39 is 0 Å². The number of carbonyl (C=O) groups excluding carboxylic acids is 1. The van der Waals surface area contributed by atoms with Crippen LogP contribution in [0.3, 0.4) is 0 Å². The fourth-order valence-corrected chi connectivity index (χ4v) is 3.35. The number of rotatable bonds is 6. The summed E-state index contributed by atoms with van der Waals surface area (Å²) in [6.45, 7) is 0.679. The highest BCUT2D eigenvalue weighted by Crippen LogP contribution is 2.20. The molecule has 0 aromatic heterocycles. The van der Waals surface area contributed by atoms with Crippen LogP contribution in [0.15, 0.2) is 60.7 Å². The lowest BCUT2D eigenvalue weighted by Gasteiger charge is -2.26. The number of benzene rings is 2. The molecule has 3 heteroatoms. The Labute approximate surface area is 144 Å². The SMILES string of the molecule is O=C(NC1CCCCC1)[C@@H](NCc1ccccc1)c1ccccc1. The minimum atomic E-state index is -0.312. The summed E-state index contributed by atoms with van der Waals surface area (Å²) in [6, 6.07) is 20.2. The maximum Gasteiger partial charge on any atom is 0.241 e. The summed E-state index contributed by atoms with van der Waals surface area (Å²) in [5, 5.41) is 6.68. The topological polar surface area (TPSA) is 41.1 Å². The highest BCUT2D eigenvalue weighted by molar-refractivity contribution is 5.83. The van der Waals surface area contributed by atoms with E-state index in [0.29, 0.717) is 12.6 Å². The molecule has 0 aliphatic heterocycles. The molecule has 2 aromatic rings. The molecule has 3 nitrogen and oxygen atoms in total. The van der Waals surface area contributed by atoms with Gasteiger partial charge in [0.2, 0.25) is 5.91 Å². The fourth-order valence-electron chi connectivity index (χ4n) is 3.35. The van der Waals surface area contributed by atoms with Gasteiger partial charge in [0.05, 0.1) is 0 Å². The highest BCUT2D eigenvalue weighted by atomic mass is 16.2. The first kappa shape index (κ1) is 16.7. The first-order valence-corrected chi connectivity index (χ1v) is 8.95. The van der Waals surface area contributed by atoms with Crippen molar-refractivity contribution >= 4 is 5.91 Å². The third kappa shape index (κ3) is 4.68. The number of hydrogen-bond donors (Lipinski definition) is 2. The summed E-state index contributed by atoms with van der Waals surface area (Å²) in [6.07, 6.45) is 5.94. The number of amides is 1. The van der Waals surface area contributed by atoms with Crippen molar-refractivity contribution < 1.29 is 4.79 Å². The standard InChI is InChI=1S/C21H26N2O/c24-21(23-19-14-8-3-9-15-19)20(18-12-6-2-7-13-18)22-16-17-10-4-1-5-11-17/h1-2,4-7,10-13,19-20,22H,3,8-9,14-16H2,(H,23,24)/t20-/m0/s1. The average Bonchev–Trinajstić information content (AvgIpc) is 2.64. The molecule has 0 spiro atoms. The first-order chi connectivity index (χ1) is 11.8. The van der Waals surface area contributed by atoms with Crippen LogP contribution in [-0.4, -0.2) is 11.9 Å². The molecule has 0 heterocycles. The second-order valence-corrected chi connectivity index (χ2v) is 6.55. The van der Waals surface area contributed by atoms with Crippen LogP contribution >= 0.6 is 0 Å². The first-order valence-electron chi connectivity index (χ1n) is 8.95. The van der Waals surface area contributed by atoms with E-state index in [2.05, 4.69) is 22.8 Å². The van der Waals surface area contributed by atoms with Crippen LogP contribution in [0.25, 0.3) is 0 Å². The van der Waals surface area contributed by atoms with Crippen molar-refractivity contribution in [1.82, 2.24) is 10.6 Å². The van der Waals surface area contributed by atoms with Crippen molar-refractivity contribution in [2.45, 2.75) is 50.7 Å². The molecule has 1 atom stereocenters. The van der Waals surface area contributed by atoms with Gasteiger partial charge in [-0.3, -0.25) is 10.1 Å². The van der Waals surface area contributed by atoms with Crippen LogP contribution in [0.4, 0.5) is 0 Å². The molecule has 1 saturated carbocycles. The summed E-state index contributed by atoms with van der Waals surface area (Å²) in [4.78, 5) is 12.9. The highest BCUT2D eigenvalue weighted by Gasteiger charge is 2.23. The number of carbonyl (C=O) groups is 1. The second kappa shape index (κ2) is 8.65. The van der Waals surface area contributed by atoms with Crippen LogP contribution in [0.2, 0.25) is 0 Å². The lowest BCUT2D eigenvalue weighted by molar-refractivity contribution is -0.124. The molecule has 1 aliphatic carbocycles. The summed E-state index contributed by atoms with van der Waals surface area (Å²) >= 11 is 0. The van der Waals surface area contributed by atoms with Crippen molar-refractivity contribution in [3.05, 3.63) is 71.8 Å². The Bertz CT molecular complexity index is 621. The molecule has 24 heavy (non-hydrogen) atoms. The molecule has 3 rings (SSSR count). The van der Waals surface area contributed by atoms with Crippen LogP contribution in [0.1, 0.15) is 49.3 Å². The van der Waals surface area contributed by atoms with Crippen LogP contribution in [0, 0.1) is 0 Å². The molecule has 0 bridgehead atoms. The monoisotopic (exact) mass is 322 g/mol. The summed E-state index contributed by atoms with van der Waals surface area (Å²) in [5.74, 6) is 0.0871. The normalized spacial score (nSPS) is 16.5. The minimum absolute atomic E-state index is 0.0871. The zero-order valence-corrected chi connectivity index (χ0v) is 14.1. The van der Waals surface area contributed by atoms with Crippen LogP contribution < -0.4 is 10.6 Å². The lowest BCUT2D eigenvalue weighted by atomic mass is 9.95. The summed E-state index contributed by atoms with van der Waals surface area (Å²) in [7, 11) is 0. The van der Waals surface area contributed by atoms with Gasteiger partial charge in [0, 0.05) is 12.6 Å². The lowest BCUT2D eigenvalue weighted by Crippen LogP contribution is -2.43. The zero-order chi connectivity index (χ0) is 16.6. The van der Waals surface area contributed by atoms with E-state index in [1.165, 1.54) is 24.8 Å². The average molecular weight is 322 g/mol. The minimum Gasteiger partial charge on any atom is -0.352 e. The molecule has 1 fully saturated rings. The molecule has 1 amide bonds. The number of nitrogens with one attached hydrogen (secondary N) is 2. The van der Waals surface area contributed by atoms with Gasteiger partial charge in [-0.15, -0.1) is 0 Å². The molecule has 2 N–H and O–H groups in total. The molecule has 2 aromatic carbocycles. The van der Waals surface area contributed by atoms with Crippen molar-refractivity contribution in [2.24, 2.45) is 0 Å². The smallest absolute Gasteiger partial charge is 0.241 e. The Morgan fingerprint density at radius 3 is 2.21 bits per heavy atom. The quantitative estimate of drug-likeness (QED) is 0.845. The molecule has 0 radical (unpaired) electrons. The Morgan fingerprint density at radius 2 is 1.54 bits per heavy atom. The maximum atomic E-state index is 12.9. The van der Waals surface area contributed by atoms with Gasteiger partial charge in [-0.1, -0.05) is 79.9 Å². The fraction of sp³-hybridized carbons (Fsp3) is 0.381. The van der Waals surface area contributed by atoms with E-state index >= 15 is 0 Å². The van der Waals surface area contributed by atoms with E-state index in [9.17, 15) is 4.79 Å². The third-order valence-electron chi connectivity index (χ3n) is 4.70. The van der Waals surface area contributed by atoms with E-state index in [4.69, 9.17) is 0 Å². The van der Waals surface area contributed by atoms with Gasteiger partial charge in [0.15, 0.2) is 0 Å². The molecule has 0 unspecified atom stereocenters. The van der Waals surface area contributed by atoms with E-state index in [-0.39, 0.29) is 11.9 Å². The number of hydrogen-bond acceptors (Lipinski definition) is 2. The largest absolute Gasteiger partial charge is 0.352 e. The van der Waals surface area contributed by atoms with E-state index in [1.54, 1.807) is 0 Å². The molecule has 0 saturated heterocycles. The molecular formula is C21H26N2O. The Hall–Kier alpha value is -2.13.